The van der Waals surface area contributed by atoms with Crippen molar-refractivity contribution in [1.82, 2.24) is 19.5 Å². The van der Waals surface area contributed by atoms with E-state index in [2.05, 4.69) is 20.3 Å². The average molecular weight is 600 g/mol. The van der Waals surface area contributed by atoms with Crippen LogP contribution in [-0.2, 0) is 14.8 Å². The zero-order valence-electron chi connectivity index (χ0n) is 23.3. The van der Waals surface area contributed by atoms with E-state index in [0.29, 0.717) is 28.6 Å². The number of anilines is 3. The van der Waals surface area contributed by atoms with Gasteiger partial charge in [-0.05, 0) is 67.7 Å². The summed E-state index contributed by atoms with van der Waals surface area (Å²) in [7, 11) is -0.940. The molecule has 1 fully saturated rings. The van der Waals surface area contributed by atoms with Gasteiger partial charge in [-0.1, -0.05) is 6.07 Å². The van der Waals surface area contributed by atoms with E-state index >= 15 is 0 Å². The number of sulfonamides is 1. The highest BCUT2D eigenvalue weighted by molar-refractivity contribution is 7.92. The number of ether oxygens (including phenoxy) is 1. The van der Waals surface area contributed by atoms with Gasteiger partial charge in [0.1, 0.15) is 5.75 Å². The van der Waals surface area contributed by atoms with Crippen LogP contribution >= 0.6 is 0 Å². The Morgan fingerprint density at radius 3 is 2.52 bits per heavy atom. The number of hydrogen-bond acceptors (Lipinski definition) is 8. The Hall–Kier alpha value is -4.30. The molecule has 0 bridgehead atoms. The van der Waals surface area contributed by atoms with Crippen LogP contribution in [0.15, 0.2) is 48.7 Å². The summed E-state index contributed by atoms with van der Waals surface area (Å²) in [5.74, 6) is -1.53. The van der Waals surface area contributed by atoms with Gasteiger partial charge in [-0.3, -0.25) is 14.0 Å². The highest BCUT2D eigenvalue weighted by Gasteiger charge is 2.24. The van der Waals surface area contributed by atoms with E-state index in [0.717, 1.165) is 54.2 Å². The Morgan fingerprint density at radius 2 is 1.86 bits per heavy atom. The van der Waals surface area contributed by atoms with Crippen LogP contribution in [0.5, 0.6) is 5.75 Å². The van der Waals surface area contributed by atoms with Crippen molar-refractivity contribution in [2.24, 2.45) is 5.73 Å². The number of carbonyl (C=O) groups is 1. The normalized spacial score (nSPS) is 14.7. The number of likely N-dealkylation sites (tertiary alicyclic amines) is 1. The first-order valence-electron chi connectivity index (χ1n) is 13.2. The van der Waals surface area contributed by atoms with E-state index in [1.807, 2.05) is 18.2 Å². The lowest BCUT2D eigenvalue weighted by Gasteiger charge is -2.31. The molecule has 3 heterocycles. The van der Waals surface area contributed by atoms with Crippen LogP contribution in [0.1, 0.15) is 24.3 Å². The summed E-state index contributed by atoms with van der Waals surface area (Å²) in [5, 5.41) is 7.71. The molecule has 1 aliphatic rings. The van der Waals surface area contributed by atoms with Crippen LogP contribution in [0.3, 0.4) is 0 Å². The Balaban J connectivity index is 1.44. The standard InChI is InChI=1S/C28H31F2N7O4S/c1-35(42(3,39)40)25-14-22(30)21(29)13-20(25)24-7-5-19-15-32-28(34-37(19)24)33-23-6-4-18(12-26(23)41-2)17-8-10-36(11-9-17)16-27(31)38/h4-7,12-15,17H,8-11,16H2,1-3H3,(H2,31,38)(H,33,34). The van der Waals surface area contributed by atoms with Crippen LogP contribution in [0, 0.1) is 11.6 Å². The SMILES string of the molecule is COc1cc(C2CCN(CC(N)=O)CC2)ccc1Nc1ncc2ccc(-c3cc(F)c(F)cc3N(C)S(C)(=O)=O)n2n1. The maximum Gasteiger partial charge on any atom is 0.245 e. The van der Waals surface area contributed by atoms with Crippen molar-refractivity contribution in [2.75, 3.05) is 49.7 Å². The molecular weight excluding hydrogens is 568 g/mol. The van der Waals surface area contributed by atoms with Gasteiger partial charge in [0.25, 0.3) is 0 Å². The van der Waals surface area contributed by atoms with Crippen molar-refractivity contribution in [3.8, 4) is 17.0 Å². The summed E-state index contributed by atoms with van der Waals surface area (Å²) in [4.78, 5) is 17.7. The van der Waals surface area contributed by atoms with E-state index in [9.17, 15) is 22.0 Å². The minimum atomic E-state index is -3.77. The fraction of sp³-hybridized carbons (Fsp3) is 0.321. The smallest absolute Gasteiger partial charge is 0.245 e. The van der Waals surface area contributed by atoms with E-state index < -0.39 is 21.7 Å². The molecule has 1 amide bonds. The average Bonchev–Trinajstić information content (AvgIpc) is 3.37. The number of nitrogens with zero attached hydrogens (tertiary/aromatic N) is 5. The summed E-state index contributed by atoms with van der Waals surface area (Å²) in [5.41, 5.74) is 8.04. The molecule has 5 rings (SSSR count). The molecule has 4 aromatic rings. The Kier molecular flexibility index (Phi) is 8.01. The van der Waals surface area contributed by atoms with Crippen LogP contribution in [0.4, 0.5) is 26.1 Å². The maximum absolute atomic E-state index is 14.4. The molecule has 0 saturated carbocycles. The molecule has 1 saturated heterocycles. The minimum Gasteiger partial charge on any atom is -0.495 e. The van der Waals surface area contributed by atoms with E-state index in [-0.39, 0.29) is 29.7 Å². The zero-order chi connectivity index (χ0) is 30.2. The van der Waals surface area contributed by atoms with Crippen molar-refractivity contribution >= 4 is 38.8 Å². The van der Waals surface area contributed by atoms with Crippen molar-refractivity contribution in [3.05, 3.63) is 65.9 Å². The van der Waals surface area contributed by atoms with Crippen molar-refractivity contribution in [2.45, 2.75) is 18.8 Å². The molecule has 3 N–H and O–H groups in total. The topological polar surface area (TPSA) is 135 Å². The zero-order valence-corrected chi connectivity index (χ0v) is 24.2. The molecule has 14 heteroatoms. The van der Waals surface area contributed by atoms with Crippen LogP contribution in [-0.4, -0.2) is 73.9 Å². The number of primary amides is 1. The molecule has 222 valence electrons. The van der Waals surface area contributed by atoms with Crippen LogP contribution < -0.4 is 20.1 Å². The predicted molar refractivity (Wildman–Crippen MR) is 155 cm³/mol. The van der Waals surface area contributed by atoms with Gasteiger partial charge in [-0.2, -0.15) is 0 Å². The minimum absolute atomic E-state index is 0.0396. The molecule has 0 aliphatic carbocycles. The van der Waals surface area contributed by atoms with Gasteiger partial charge in [0.2, 0.25) is 21.9 Å². The Bertz CT molecular complexity index is 1750. The molecule has 1 aliphatic heterocycles. The third-order valence-corrected chi connectivity index (χ3v) is 8.65. The van der Waals surface area contributed by atoms with Crippen molar-refractivity contribution in [3.63, 3.8) is 0 Å². The molecule has 11 nitrogen and oxygen atoms in total. The molecule has 42 heavy (non-hydrogen) atoms. The molecular formula is C28H31F2N7O4S. The van der Waals surface area contributed by atoms with Gasteiger partial charge in [0, 0.05) is 18.7 Å². The molecule has 0 radical (unpaired) electrons. The third kappa shape index (κ3) is 5.99. The summed E-state index contributed by atoms with van der Waals surface area (Å²) >= 11 is 0. The Morgan fingerprint density at radius 1 is 1.14 bits per heavy atom. The summed E-state index contributed by atoms with van der Waals surface area (Å²) in [6.07, 6.45) is 4.31. The van der Waals surface area contributed by atoms with Crippen molar-refractivity contribution < 1.29 is 26.7 Å². The van der Waals surface area contributed by atoms with E-state index in [4.69, 9.17) is 10.5 Å². The lowest BCUT2D eigenvalue weighted by molar-refractivity contribution is -0.119. The first kappa shape index (κ1) is 29.2. The quantitative estimate of drug-likeness (QED) is 0.299. The second-order valence-corrected chi connectivity index (χ2v) is 12.3. The van der Waals surface area contributed by atoms with Gasteiger partial charge >= 0.3 is 0 Å². The van der Waals surface area contributed by atoms with E-state index in [1.54, 1.807) is 25.4 Å². The molecule has 2 aromatic heterocycles. The number of methoxy groups -OCH3 is 1. The van der Waals surface area contributed by atoms with Gasteiger partial charge in [-0.25, -0.2) is 26.7 Å². The monoisotopic (exact) mass is 599 g/mol. The summed E-state index contributed by atoms with van der Waals surface area (Å²) in [6, 6.07) is 11.0. The van der Waals surface area contributed by atoms with E-state index in [1.165, 1.54) is 11.6 Å². The molecule has 0 atom stereocenters. The predicted octanol–water partition coefficient (Wildman–Crippen LogP) is 3.49. The summed E-state index contributed by atoms with van der Waals surface area (Å²) in [6.45, 7) is 1.82. The number of aromatic nitrogens is 3. The van der Waals surface area contributed by atoms with Gasteiger partial charge < -0.3 is 15.8 Å². The number of amides is 1. The molecule has 0 unspecified atom stereocenters. The highest BCUT2D eigenvalue weighted by atomic mass is 32.2. The van der Waals surface area contributed by atoms with Gasteiger partial charge in [-0.15, -0.1) is 5.10 Å². The second-order valence-electron chi connectivity index (χ2n) is 10.3. The number of halogens is 2. The maximum atomic E-state index is 14.4. The number of nitrogens with two attached hydrogens (primary N) is 1. The number of nitrogens with one attached hydrogen (secondary N) is 1. The lowest BCUT2D eigenvalue weighted by Crippen LogP contribution is -2.39. The van der Waals surface area contributed by atoms with Crippen LogP contribution in [0.2, 0.25) is 0 Å². The number of fused-ring (bicyclic) bond motifs is 1. The summed E-state index contributed by atoms with van der Waals surface area (Å²) < 4.78 is 61.0. The number of rotatable bonds is 9. The third-order valence-electron chi connectivity index (χ3n) is 7.46. The first-order chi connectivity index (χ1) is 19.9. The first-order valence-corrected chi connectivity index (χ1v) is 15.0. The second kappa shape index (κ2) is 11.5. The fourth-order valence-corrected chi connectivity index (χ4v) is 5.68. The van der Waals surface area contributed by atoms with Crippen molar-refractivity contribution in [1.29, 1.82) is 0 Å². The number of carbonyl (C=O) groups excluding carboxylic acids is 1. The van der Waals surface area contributed by atoms with Gasteiger partial charge in [0.05, 0.1) is 48.7 Å². The molecule has 2 aromatic carbocycles. The Labute approximate surface area is 241 Å². The van der Waals surface area contributed by atoms with Gasteiger partial charge in [0.15, 0.2) is 11.6 Å². The number of piperidine rings is 1. The highest BCUT2D eigenvalue weighted by Crippen LogP contribution is 2.36. The lowest BCUT2D eigenvalue weighted by atomic mass is 9.89. The number of hydrogen-bond donors (Lipinski definition) is 2. The largest absolute Gasteiger partial charge is 0.495 e. The van der Waals surface area contributed by atoms with Crippen LogP contribution in [0.25, 0.3) is 16.8 Å². The molecule has 0 spiro atoms. The number of benzene rings is 2. The fourth-order valence-electron chi connectivity index (χ4n) is 5.17.